The highest BCUT2D eigenvalue weighted by Gasteiger charge is 2.26. The topological polar surface area (TPSA) is 43.3 Å². The standard InChI is InChI=1S/C21H21ClN2O2/c1-3-15-12-24-18(10-16-17(22)8-9-19(26-15)20(16)24)21(25)23-11-14-6-4-13(2)5-7-14/h4-10,15H,3,11-12H2,1-2H3,(H,23,25)/t15-/m1/s1. The molecule has 4 rings (SSSR count). The van der Waals surface area contributed by atoms with E-state index in [4.69, 9.17) is 16.3 Å². The van der Waals surface area contributed by atoms with Gasteiger partial charge < -0.3 is 14.6 Å². The fourth-order valence-corrected chi connectivity index (χ4v) is 3.61. The number of rotatable bonds is 4. The Kier molecular flexibility index (Phi) is 4.37. The first kappa shape index (κ1) is 17.0. The number of nitrogens with one attached hydrogen (secondary N) is 1. The predicted molar refractivity (Wildman–Crippen MR) is 104 cm³/mol. The van der Waals surface area contributed by atoms with Gasteiger partial charge in [0.2, 0.25) is 0 Å². The summed E-state index contributed by atoms with van der Waals surface area (Å²) in [5.41, 5.74) is 3.81. The maximum absolute atomic E-state index is 12.9. The summed E-state index contributed by atoms with van der Waals surface area (Å²) in [6, 6.07) is 13.7. The summed E-state index contributed by atoms with van der Waals surface area (Å²) >= 11 is 6.36. The van der Waals surface area contributed by atoms with Crippen LogP contribution in [0.25, 0.3) is 10.9 Å². The SMILES string of the molecule is CC[C@@H]1Cn2c(C(=O)NCc3ccc(C)cc3)cc3c(Cl)ccc(c32)O1. The second-order valence-electron chi connectivity index (χ2n) is 6.76. The smallest absolute Gasteiger partial charge is 0.268 e. The Hall–Kier alpha value is -2.46. The molecule has 1 atom stereocenters. The summed E-state index contributed by atoms with van der Waals surface area (Å²) in [5.74, 6) is 0.695. The van der Waals surface area contributed by atoms with Crippen molar-refractivity contribution in [1.82, 2.24) is 9.88 Å². The quantitative estimate of drug-likeness (QED) is 0.725. The van der Waals surface area contributed by atoms with Crippen LogP contribution in [0.2, 0.25) is 5.02 Å². The molecule has 1 aliphatic rings. The molecule has 5 heteroatoms. The first-order valence-corrected chi connectivity index (χ1v) is 9.26. The van der Waals surface area contributed by atoms with Crippen molar-refractivity contribution in [1.29, 1.82) is 0 Å². The minimum Gasteiger partial charge on any atom is -0.486 e. The lowest BCUT2D eigenvalue weighted by Gasteiger charge is -2.26. The number of halogens is 1. The van der Waals surface area contributed by atoms with Crippen LogP contribution >= 0.6 is 11.6 Å². The summed E-state index contributed by atoms with van der Waals surface area (Å²) in [6.45, 7) is 5.28. The van der Waals surface area contributed by atoms with E-state index in [2.05, 4.69) is 12.2 Å². The molecule has 0 saturated carbocycles. The Morgan fingerprint density at radius 1 is 1.27 bits per heavy atom. The molecule has 0 radical (unpaired) electrons. The number of aromatic nitrogens is 1. The molecule has 0 unspecified atom stereocenters. The van der Waals surface area contributed by atoms with Gasteiger partial charge in [-0.3, -0.25) is 4.79 Å². The van der Waals surface area contributed by atoms with E-state index in [-0.39, 0.29) is 12.0 Å². The van der Waals surface area contributed by atoms with Crippen molar-refractivity contribution in [3.8, 4) is 5.75 Å². The van der Waals surface area contributed by atoms with Crippen LogP contribution in [0, 0.1) is 6.92 Å². The number of aryl methyl sites for hydroxylation is 1. The number of amides is 1. The van der Waals surface area contributed by atoms with E-state index in [0.29, 0.717) is 23.8 Å². The molecule has 0 spiro atoms. The first-order chi connectivity index (χ1) is 12.6. The van der Waals surface area contributed by atoms with Crippen LogP contribution in [0.1, 0.15) is 35.0 Å². The zero-order chi connectivity index (χ0) is 18.3. The highest BCUT2D eigenvalue weighted by Crippen LogP contribution is 2.38. The first-order valence-electron chi connectivity index (χ1n) is 8.89. The summed E-state index contributed by atoms with van der Waals surface area (Å²) < 4.78 is 8.07. The fourth-order valence-electron chi connectivity index (χ4n) is 3.40. The third-order valence-electron chi connectivity index (χ3n) is 4.91. The average molecular weight is 369 g/mol. The Morgan fingerprint density at radius 3 is 2.77 bits per heavy atom. The Morgan fingerprint density at radius 2 is 2.04 bits per heavy atom. The number of hydrogen-bond acceptors (Lipinski definition) is 2. The minimum atomic E-state index is -0.0967. The van der Waals surface area contributed by atoms with Gasteiger partial charge in [-0.25, -0.2) is 0 Å². The van der Waals surface area contributed by atoms with Crippen LogP contribution < -0.4 is 10.1 Å². The van der Waals surface area contributed by atoms with Gasteiger partial charge in [0.05, 0.1) is 17.1 Å². The van der Waals surface area contributed by atoms with E-state index in [0.717, 1.165) is 28.6 Å². The van der Waals surface area contributed by atoms with Gasteiger partial charge in [0.25, 0.3) is 5.91 Å². The normalized spacial score (nSPS) is 15.7. The van der Waals surface area contributed by atoms with Crippen molar-refractivity contribution < 1.29 is 9.53 Å². The molecule has 1 amide bonds. The van der Waals surface area contributed by atoms with Crippen LogP contribution in [0.3, 0.4) is 0 Å². The molecule has 0 aliphatic carbocycles. The molecule has 1 N–H and O–H groups in total. The van der Waals surface area contributed by atoms with Gasteiger partial charge in [0, 0.05) is 11.9 Å². The van der Waals surface area contributed by atoms with Crippen LogP contribution in [0.4, 0.5) is 0 Å². The molecule has 0 fully saturated rings. The molecule has 1 aliphatic heterocycles. The molecule has 0 bridgehead atoms. The van der Waals surface area contributed by atoms with Crippen LogP contribution in [0.15, 0.2) is 42.5 Å². The fraction of sp³-hybridized carbons (Fsp3) is 0.286. The third-order valence-corrected chi connectivity index (χ3v) is 5.24. The molecule has 2 heterocycles. The van der Waals surface area contributed by atoms with Crippen molar-refractivity contribution in [2.45, 2.75) is 39.5 Å². The van der Waals surface area contributed by atoms with Gasteiger partial charge in [-0.2, -0.15) is 0 Å². The van der Waals surface area contributed by atoms with E-state index in [9.17, 15) is 4.79 Å². The Bertz CT molecular complexity index is 976. The van der Waals surface area contributed by atoms with E-state index in [1.165, 1.54) is 5.56 Å². The lowest BCUT2D eigenvalue weighted by atomic mass is 10.1. The van der Waals surface area contributed by atoms with Gasteiger partial charge in [-0.1, -0.05) is 48.4 Å². The van der Waals surface area contributed by atoms with E-state index in [1.807, 2.05) is 54.0 Å². The van der Waals surface area contributed by atoms with Crippen molar-refractivity contribution in [2.24, 2.45) is 0 Å². The van der Waals surface area contributed by atoms with Crippen LogP contribution in [-0.2, 0) is 13.1 Å². The maximum Gasteiger partial charge on any atom is 0.268 e. The van der Waals surface area contributed by atoms with Crippen molar-refractivity contribution in [3.63, 3.8) is 0 Å². The van der Waals surface area contributed by atoms with Gasteiger partial charge in [0.15, 0.2) is 0 Å². The molecule has 3 aromatic rings. The van der Waals surface area contributed by atoms with E-state index >= 15 is 0 Å². The van der Waals surface area contributed by atoms with Crippen molar-refractivity contribution in [2.75, 3.05) is 0 Å². The predicted octanol–water partition coefficient (Wildman–Crippen LogP) is 4.70. The molecule has 26 heavy (non-hydrogen) atoms. The van der Waals surface area contributed by atoms with Gasteiger partial charge in [-0.05, 0) is 37.1 Å². The van der Waals surface area contributed by atoms with E-state index in [1.54, 1.807) is 0 Å². The minimum absolute atomic E-state index is 0.0583. The number of ether oxygens (including phenoxy) is 1. The number of hydrogen-bond donors (Lipinski definition) is 1. The van der Waals surface area contributed by atoms with Gasteiger partial charge in [0.1, 0.15) is 17.5 Å². The second kappa shape index (κ2) is 6.69. The molecule has 4 nitrogen and oxygen atoms in total. The summed E-state index contributed by atoms with van der Waals surface area (Å²) in [5, 5.41) is 4.52. The monoisotopic (exact) mass is 368 g/mol. The molecule has 1 aromatic heterocycles. The van der Waals surface area contributed by atoms with Gasteiger partial charge in [-0.15, -0.1) is 0 Å². The lowest BCUT2D eigenvalue weighted by molar-refractivity contribution is 0.0935. The largest absolute Gasteiger partial charge is 0.486 e. The zero-order valence-corrected chi connectivity index (χ0v) is 15.6. The highest BCUT2D eigenvalue weighted by atomic mass is 35.5. The number of nitrogens with zero attached hydrogens (tertiary/aromatic N) is 1. The molecule has 2 aromatic carbocycles. The molecular formula is C21H21ClN2O2. The second-order valence-corrected chi connectivity index (χ2v) is 7.17. The molecule has 134 valence electrons. The molecular weight excluding hydrogens is 348 g/mol. The summed E-state index contributed by atoms with van der Waals surface area (Å²) in [7, 11) is 0. The lowest BCUT2D eigenvalue weighted by Crippen LogP contribution is -2.31. The van der Waals surface area contributed by atoms with Crippen LogP contribution in [0.5, 0.6) is 5.75 Å². The van der Waals surface area contributed by atoms with Gasteiger partial charge >= 0.3 is 0 Å². The molecule has 0 saturated heterocycles. The van der Waals surface area contributed by atoms with Crippen LogP contribution in [-0.4, -0.2) is 16.6 Å². The third kappa shape index (κ3) is 2.95. The maximum atomic E-state index is 12.9. The zero-order valence-electron chi connectivity index (χ0n) is 14.9. The summed E-state index contributed by atoms with van der Waals surface area (Å²) in [4.78, 5) is 12.9. The Balaban J connectivity index is 1.66. The number of carbonyl (C=O) groups excluding carboxylic acids is 1. The highest BCUT2D eigenvalue weighted by molar-refractivity contribution is 6.36. The van der Waals surface area contributed by atoms with Crippen molar-refractivity contribution in [3.05, 3.63) is 64.3 Å². The number of benzene rings is 2. The van der Waals surface area contributed by atoms with E-state index < -0.39 is 0 Å². The number of carbonyl (C=O) groups is 1. The summed E-state index contributed by atoms with van der Waals surface area (Å²) in [6.07, 6.45) is 0.939. The van der Waals surface area contributed by atoms with Crippen molar-refractivity contribution >= 4 is 28.4 Å². The Labute approximate surface area is 157 Å². The average Bonchev–Trinajstić information content (AvgIpc) is 3.05.